The predicted octanol–water partition coefficient (Wildman–Crippen LogP) is 5.83. The molecule has 6 nitrogen and oxygen atoms in total. The normalized spacial score (nSPS) is 11.9. The fourth-order valence-corrected chi connectivity index (χ4v) is 3.31. The minimum Gasteiger partial charge on any atom is -0.437 e. The maximum absolute atomic E-state index is 13.1. The van der Waals surface area contributed by atoms with Crippen LogP contribution in [0.25, 0.3) is 10.9 Å². The smallest absolute Gasteiger partial charge is 0.417 e. The molecule has 0 atom stereocenters. The molecule has 0 unspecified atom stereocenters. The van der Waals surface area contributed by atoms with E-state index in [2.05, 4.69) is 20.5 Å². The lowest BCUT2D eigenvalue weighted by molar-refractivity contribution is -0.138. The van der Waals surface area contributed by atoms with Gasteiger partial charge in [0.25, 0.3) is 11.8 Å². The third-order valence-corrected chi connectivity index (χ3v) is 5.06. The number of ether oxygens (including phenoxy) is 1. The average Bonchev–Trinajstić information content (AvgIpc) is 2.83. The number of hydrogen-bond acceptors (Lipinski definition) is 5. The van der Waals surface area contributed by atoms with Crippen LogP contribution in [0.15, 0.2) is 66.9 Å². The molecule has 0 saturated carbocycles. The van der Waals surface area contributed by atoms with E-state index in [0.29, 0.717) is 22.8 Å². The first-order valence-electron chi connectivity index (χ1n) is 10.4. The van der Waals surface area contributed by atoms with Crippen molar-refractivity contribution in [3.8, 4) is 11.6 Å². The number of halogens is 6. The third-order valence-electron chi connectivity index (χ3n) is 5.06. The second kappa shape index (κ2) is 9.80. The molecule has 0 spiro atoms. The summed E-state index contributed by atoms with van der Waals surface area (Å²) in [6.45, 7) is 0.0108. The first-order chi connectivity index (χ1) is 17.0. The zero-order valence-electron chi connectivity index (χ0n) is 18.2. The Hall–Kier alpha value is -4.22. The molecule has 0 saturated heterocycles. The van der Waals surface area contributed by atoms with Gasteiger partial charge in [0.15, 0.2) is 0 Å². The molecule has 0 aliphatic rings. The van der Waals surface area contributed by atoms with Crippen LogP contribution in [-0.2, 0) is 18.8 Å². The number of pyridine rings is 1. The summed E-state index contributed by atoms with van der Waals surface area (Å²) in [5.41, 5.74) is -1.21. The molecule has 0 aliphatic carbocycles. The van der Waals surface area contributed by atoms with E-state index in [-0.39, 0.29) is 30.2 Å². The van der Waals surface area contributed by atoms with Crippen molar-refractivity contribution in [2.45, 2.75) is 18.8 Å². The topological polar surface area (TPSA) is 77.0 Å². The van der Waals surface area contributed by atoms with Crippen LogP contribution < -0.4 is 10.1 Å². The standard InChI is InChI=1S/C24H16F6N4O2/c25-23(26,27)14-4-3-5-17(12-14)36-22-20(18-6-1-2-7-19(18)33-34-22)21(35)31-11-10-16-9-8-15(13-32-16)24(28,29)30/h1-9,12-13H,10-11H2,(H,31,35). The van der Waals surface area contributed by atoms with Gasteiger partial charge in [-0.2, -0.15) is 26.3 Å². The number of alkyl halides is 6. The van der Waals surface area contributed by atoms with Gasteiger partial charge in [0.05, 0.1) is 16.6 Å². The molecule has 0 fully saturated rings. The largest absolute Gasteiger partial charge is 0.437 e. The van der Waals surface area contributed by atoms with Gasteiger partial charge in [-0.05, 0) is 36.4 Å². The van der Waals surface area contributed by atoms with E-state index in [1.54, 1.807) is 24.3 Å². The molecule has 0 radical (unpaired) electrons. The number of carbonyl (C=O) groups excluding carboxylic acids is 1. The van der Waals surface area contributed by atoms with Gasteiger partial charge in [-0.1, -0.05) is 24.3 Å². The van der Waals surface area contributed by atoms with E-state index in [9.17, 15) is 31.1 Å². The number of rotatable bonds is 6. The lowest BCUT2D eigenvalue weighted by Crippen LogP contribution is -2.27. The van der Waals surface area contributed by atoms with Gasteiger partial charge in [0.1, 0.15) is 11.3 Å². The van der Waals surface area contributed by atoms with Gasteiger partial charge in [-0.3, -0.25) is 9.78 Å². The number of hydrogen-bond donors (Lipinski definition) is 1. The summed E-state index contributed by atoms with van der Waals surface area (Å²) in [5, 5.41) is 10.8. The number of aromatic nitrogens is 3. The molecule has 4 aromatic rings. The molecule has 0 aliphatic heterocycles. The minimum atomic E-state index is -4.60. The zero-order valence-corrected chi connectivity index (χ0v) is 18.2. The van der Waals surface area contributed by atoms with Crippen molar-refractivity contribution in [3.05, 3.63) is 89.2 Å². The maximum atomic E-state index is 13.1. The van der Waals surface area contributed by atoms with E-state index in [1.807, 2.05) is 0 Å². The summed E-state index contributed by atoms with van der Waals surface area (Å²) < 4.78 is 82.8. The Morgan fingerprint density at radius 1 is 0.861 bits per heavy atom. The number of nitrogens with zero attached hydrogens (tertiary/aromatic N) is 3. The highest BCUT2D eigenvalue weighted by Gasteiger charge is 2.31. The van der Waals surface area contributed by atoms with E-state index >= 15 is 0 Å². The van der Waals surface area contributed by atoms with Gasteiger partial charge in [0, 0.05) is 30.2 Å². The summed E-state index contributed by atoms with van der Waals surface area (Å²) >= 11 is 0. The van der Waals surface area contributed by atoms with Crippen LogP contribution in [0.4, 0.5) is 26.3 Å². The molecule has 12 heteroatoms. The summed E-state index contributed by atoms with van der Waals surface area (Å²) in [6.07, 6.45) is -8.27. The third kappa shape index (κ3) is 5.70. The number of carbonyl (C=O) groups is 1. The summed E-state index contributed by atoms with van der Waals surface area (Å²) in [4.78, 5) is 16.8. The summed E-state index contributed by atoms with van der Waals surface area (Å²) in [6, 6.07) is 12.7. The number of amides is 1. The number of nitrogens with one attached hydrogen (secondary N) is 1. The molecule has 2 heterocycles. The van der Waals surface area contributed by atoms with Crippen LogP contribution in [0.3, 0.4) is 0 Å². The lowest BCUT2D eigenvalue weighted by atomic mass is 10.1. The number of fused-ring (bicyclic) bond motifs is 1. The van der Waals surface area contributed by atoms with E-state index < -0.39 is 29.4 Å². The van der Waals surface area contributed by atoms with Crippen LogP contribution in [0, 0.1) is 0 Å². The van der Waals surface area contributed by atoms with Crippen molar-refractivity contribution >= 4 is 16.8 Å². The van der Waals surface area contributed by atoms with E-state index in [1.165, 1.54) is 12.1 Å². The second-order valence-corrected chi connectivity index (χ2v) is 7.57. The summed E-state index contributed by atoms with van der Waals surface area (Å²) in [7, 11) is 0. The first-order valence-corrected chi connectivity index (χ1v) is 10.4. The fraction of sp³-hybridized carbons (Fsp3) is 0.167. The van der Waals surface area contributed by atoms with Crippen molar-refractivity contribution in [1.82, 2.24) is 20.5 Å². The molecule has 2 aromatic carbocycles. The molecule has 186 valence electrons. The Bertz CT molecular complexity index is 1390. The number of benzene rings is 2. The average molecular weight is 506 g/mol. The monoisotopic (exact) mass is 506 g/mol. The molecule has 4 rings (SSSR count). The van der Waals surface area contributed by atoms with Crippen LogP contribution in [0.2, 0.25) is 0 Å². The Morgan fingerprint density at radius 2 is 1.61 bits per heavy atom. The molecule has 1 N–H and O–H groups in total. The minimum absolute atomic E-state index is 0.0108. The zero-order chi connectivity index (χ0) is 25.9. The molecule has 0 bridgehead atoms. The quantitative estimate of drug-likeness (QED) is 0.333. The van der Waals surface area contributed by atoms with Crippen LogP contribution >= 0.6 is 0 Å². The van der Waals surface area contributed by atoms with Gasteiger partial charge >= 0.3 is 12.4 Å². The first kappa shape index (κ1) is 24.9. The lowest BCUT2D eigenvalue weighted by Gasteiger charge is -2.13. The molecular weight excluding hydrogens is 490 g/mol. The van der Waals surface area contributed by atoms with Crippen molar-refractivity contribution in [3.63, 3.8) is 0 Å². The molecule has 2 aromatic heterocycles. The van der Waals surface area contributed by atoms with Crippen molar-refractivity contribution in [2.75, 3.05) is 6.54 Å². The molecular formula is C24H16F6N4O2. The highest BCUT2D eigenvalue weighted by molar-refractivity contribution is 6.07. The van der Waals surface area contributed by atoms with Crippen molar-refractivity contribution in [2.24, 2.45) is 0 Å². The van der Waals surface area contributed by atoms with Crippen LogP contribution in [-0.4, -0.2) is 27.6 Å². The van der Waals surface area contributed by atoms with E-state index in [0.717, 1.165) is 24.3 Å². The van der Waals surface area contributed by atoms with Crippen molar-refractivity contribution in [1.29, 1.82) is 0 Å². The van der Waals surface area contributed by atoms with Crippen LogP contribution in [0.5, 0.6) is 11.6 Å². The Labute approximate surface area is 199 Å². The Kier molecular flexibility index (Phi) is 6.77. The van der Waals surface area contributed by atoms with Gasteiger partial charge < -0.3 is 10.1 Å². The van der Waals surface area contributed by atoms with E-state index in [4.69, 9.17) is 4.74 Å². The van der Waals surface area contributed by atoms with Gasteiger partial charge in [-0.15, -0.1) is 10.2 Å². The van der Waals surface area contributed by atoms with Gasteiger partial charge in [-0.25, -0.2) is 0 Å². The molecule has 36 heavy (non-hydrogen) atoms. The Balaban J connectivity index is 1.56. The Morgan fingerprint density at radius 3 is 2.31 bits per heavy atom. The highest BCUT2D eigenvalue weighted by Crippen LogP contribution is 2.34. The fourth-order valence-electron chi connectivity index (χ4n) is 3.31. The molecule has 1 amide bonds. The SMILES string of the molecule is O=C(NCCc1ccc(C(F)(F)F)cn1)c1c(Oc2cccc(C(F)(F)F)c2)nnc2ccccc12. The predicted molar refractivity (Wildman–Crippen MR) is 116 cm³/mol. The summed E-state index contributed by atoms with van der Waals surface area (Å²) in [5.74, 6) is -1.16. The van der Waals surface area contributed by atoms with Crippen LogP contribution in [0.1, 0.15) is 27.2 Å². The van der Waals surface area contributed by atoms with Crippen molar-refractivity contribution < 1.29 is 35.9 Å². The second-order valence-electron chi connectivity index (χ2n) is 7.57. The highest BCUT2D eigenvalue weighted by atomic mass is 19.4. The van der Waals surface area contributed by atoms with Gasteiger partial charge in [0.2, 0.25) is 0 Å². The maximum Gasteiger partial charge on any atom is 0.417 e.